The molecule has 0 aliphatic carbocycles. The molecule has 1 aromatic heterocycles. The summed E-state index contributed by atoms with van der Waals surface area (Å²) in [6.45, 7) is 0. The first-order chi connectivity index (χ1) is 12.2. The number of benzene rings is 2. The standard InChI is InChI=1S/C15H7F4N3O4/c16-11-7-9(3-6-12(11)22(23)24)14-21-20-13(25-14)8-1-4-10(5-2-8)26-15(17,18)19/h1-7H. The molecule has 0 bridgehead atoms. The van der Waals surface area contributed by atoms with Gasteiger partial charge in [-0.15, -0.1) is 23.4 Å². The lowest BCUT2D eigenvalue weighted by atomic mass is 10.2. The number of nitro groups is 1. The molecule has 0 fully saturated rings. The van der Waals surface area contributed by atoms with Crippen LogP contribution in [0.15, 0.2) is 46.9 Å². The minimum Gasteiger partial charge on any atom is -0.416 e. The van der Waals surface area contributed by atoms with Crippen molar-refractivity contribution in [3.05, 3.63) is 58.4 Å². The number of hydrogen-bond donors (Lipinski definition) is 0. The van der Waals surface area contributed by atoms with Crippen molar-refractivity contribution in [1.29, 1.82) is 0 Å². The lowest BCUT2D eigenvalue weighted by Gasteiger charge is -2.08. The van der Waals surface area contributed by atoms with Gasteiger partial charge in [-0.1, -0.05) is 0 Å². The van der Waals surface area contributed by atoms with E-state index in [1.807, 2.05) is 0 Å². The van der Waals surface area contributed by atoms with Crippen molar-refractivity contribution in [2.24, 2.45) is 0 Å². The zero-order valence-corrected chi connectivity index (χ0v) is 12.5. The number of alkyl halides is 3. The first-order valence-electron chi connectivity index (χ1n) is 6.87. The summed E-state index contributed by atoms with van der Waals surface area (Å²) >= 11 is 0. The predicted molar refractivity (Wildman–Crippen MR) is 78.5 cm³/mol. The van der Waals surface area contributed by atoms with Crippen LogP contribution in [0.25, 0.3) is 22.9 Å². The third kappa shape index (κ3) is 3.77. The van der Waals surface area contributed by atoms with Crippen molar-refractivity contribution in [2.75, 3.05) is 0 Å². The maximum absolute atomic E-state index is 13.7. The van der Waals surface area contributed by atoms with Crippen LogP contribution in [-0.2, 0) is 0 Å². The van der Waals surface area contributed by atoms with Crippen LogP contribution in [-0.4, -0.2) is 21.5 Å². The lowest BCUT2D eigenvalue weighted by Crippen LogP contribution is -2.16. The summed E-state index contributed by atoms with van der Waals surface area (Å²) in [6.07, 6.45) is -4.81. The fraction of sp³-hybridized carbons (Fsp3) is 0.0667. The number of aromatic nitrogens is 2. The number of nitrogens with zero attached hydrogens (tertiary/aromatic N) is 3. The van der Waals surface area contributed by atoms with Gasteiger partial charge in [0, 0.05) is 17.2 Å². The highest BCUT2D eigenvalue weighted by atomic mass is 19.4. The third-order valence-electron chi connectivity index (χ3n) is 3.15. The molecule has 0 atom stereocenters. The Morgan fingerprint density at radius 2 is 1.58 bits per heavy atom. The summed E-state index contributed by atoms with van der Waals surface area (Å²) in [5, 5.41) is 18.0. The summed E-state index contributed by atoms with van der Waals surface area (Å²) in [7, 11) is 0. The minimum atomic E-state index is -4.81. The van der Waals surface area contributed by atoms with Crippen molar-refractivity contribution in [2.45, 2.75) is 6.36 Å². The molecule has 134 valence electrons. The zero-order valence-electron chi connectivity index (χ0n) is 12.5. The van der Waals surface area contributed by atoms with Crippen molar-refractivity contribution in [1.82, 2.24) is 10.2 Å². The van der Waals surface area contributed by atoms with E-state index in [0.717, 1.165) is 24.3 Å². The molecule has 0 N–H and O–H groups in total. The second kappa shape index (κ2) is 6.43. The van der Waals surface area contributed by atoms with E-state index >= 15 is 0 Å². The van der Waals surface area contributed by atoms with Crippen molar-refractivity contribution in [3.63, 3.8) is 0 Å². The molecule has 3 aromatic rings. The van der Waals surface area contributed by atoms with Crippen LogP contribution in [0.5, 0.6) is 5.75 Å². The molecule has 7 nitrogen and oxygen atoms in total. The smallest absolute Gasteiger partial charge is 0.416 e. The Bertz CT molecular complexity index is 954. The Labute approximate surface area is 142 Å². The molecule has 11 heteroatoms. The summed E-state index contributed by atoms with van der Waals surface area (Å²) in [4.78, 5) is 9.73. The highest BCUT2D eigenvalue weighted by Gasteiger charge is 2.31. The predicted octanol–water partition coefficient (Wildman–Crippen LogP) is 4.35. The average molecular weight is 369 g/mol. The molecule has 0 spiro atoms. The van der Waals surface area contributed by atoms with E-state index in [1.54, 1.807) is 0 Å². The zero-order chi connectivity index (χ0) is 18.9. The average Bonchev–Trinajstić information content (AvgIpc) is 3.03. The Kier molecular flexibility index (Phi) is 4.28. The molecule has 2 aromatic carbocycles. The fourth-order valence-electron chi connectivity index (χ4n) is 2.04. The van der Waals surface area contributed by atoms with Crippen LogP contribution >= 0.6 is 0 Å². The molecule has 26 heavy (non-hydrogen) atoms. The molecular weight excluding hydrogens is 362 g/mol. The number of hydrogen-bond acceptors (Lipinski definition) is 6. The maximum atomic E-state index is 13.7. The second-order valence-corrected chi connectivity index (χ2v) is 4.91. The normalized spacial score (nSPS) is 11.4. The van der Waals surface area contributed by atoms with Gasteiger partial charge in [-0.3, -0.25) is 10.1 Å². The molecule has 3 rings (SSSR count). The second-order valence-electron chi connectivity index (χ2n) is 4.91. The van der Waals surface area contributed by atoms with Gasteiger partial charge in [-0.25, -0.2) is 0 Å². The van der Waals surface area contributed by atoms with E-state index < -0.39 is 28.5 Å². The molecule has 1 heterocycles. The van der Waals surface area contributed by atoms with Gasteiger partial charge in [-0.2, -0.15) is 4.39 Å². The summed E-state index contributed by atoms with van der Waals surface area (Å²) in [6, 6.07) is 7.74. The molecular formula is C15H7F4N3O4. The molecule has 0 aliphatic rings. The highest BCUT2D eigenvalue weighted by molar-refractivity contribution is 5.60. The van der Waals surface area contributed by atoms with Crippen molar-refractivity contribution < 1.29 is 31.6 Å². The van der Waals surface area contributed by atoms with Gasteiger partial charge in [0.1, 0.15) is 5.75 Å². The molecule has 0 unspecified atom stereocenters. The molecule has 0 saturated carbocycles. The monoisotopic (exact) mass is 369 g/mol. The Morgan fingerprint density at radius 1 is 1.00 bits per heavy atom. The third-order valence-corrected chi connectivity index (χ3v) is 3.15. The number of rotatable bonds is 4. The topological polar surface area (TPSA) is 91.3 Å². The van der Waals surface area contributed by atoms with Crippen molar-refractivity contribution in [3.8, 4) is 28.7 Å². The van der Waals surface area contributed by atoms with Crippen LogP contribution in [0.2, 0.25) is 0 Å². The number of halogens is 4. The summed E-state index contributed by atoms with van der Waals surface area (Å²) < 4.78 is 59.1. The van der Waals surface area contributed by atoms with E-state index in [4.69, 9.17) is 4.42 Å². The van der Waals surface area contributed by atoms with Crippen molar-refractivity contribution >= 4 is 5.69 Å². The molecule has 0 aliphatic heterocycles. The lowest BCUT2D eigenvalue weighted by molar-refractivity contribution is -0.387. The molecule has 0 radical (unpaired) electrons. The Balaban J connectivity index is 1.84. The van der Waals surface area contributed by atoms with Gasteiger partial charge in [0.2, 0.25) is 17.6 Å². The highest BCUT2D eigenvalue weighted by Crippen LogP contribution is 2.29. The summed E-state index contributed by atoms with van der Waals surface area (Å²) in [5.74, 6) is -1.62. The molecule has 0 saturated heterocycles. The van der Waals surface area contributed by atoms with Gasteiger partial charge in [0.05, 0.1) is 4.92 Å². The first kappa shape index (κ1) is 17.3. The van der Waals surface area contributed by atoms with E-state index in [0.29, 0.717) is 5.56 Å². The largest absolute Gasteiger partial charge is 0.573 e. The fourth-order valence-corrected chi connectivity index (χ4v) is 2.04. The maximum Gasteiger partial charge on any atom is 0.573 e. The van der Waals surface area contributed by atoms with Gasteiger partial charge in [0.25, 0.3) is 0 Å². The van der Waals surface area contributed by atoms with Gasteiger partial charge in [-0.05, 0) is 36.4 Å². The van der Waals surface area contributed by atoms with Crippen LogP contribution in [0.4, 0.5) is 23.2 Å². The Hall–Kier alpha value is -3.50. The first-order valence-corrected chi connectivity index (χ1v) is 6.87. The number of ether oxygens (including phenoxy) is 1. The molecule has 0 amide bonds. The Morgan fingerprint density at radius 3 is 2.12 bits per heavy atom. The summed E-state index contributed by atoms with van der Waals surface area (Å²) in [5.41, 5.74) is -0.279. The van der Waals surface area contributed by atoms with Gasteiger partial charge < -0.3 is 9.15 Å². The van der Waals surface area contributed by atoms with Gasteiger partial charge >= 0.3 is 12.0 Å². The number of nitro benzene ring substituents is 1. The van der Waals surface area contributed by atoms with E-state index in [9.17, 15) is 27.7 Å². The van der Waals surface area contributed by atoms with E-state index in [1.165, 1.54) is 18.2 Å². The van der Waals surface area contributed by atoms with Crippen LogP contribution in [0, 0.1) is 15.9 Å². The van der Waals surface area contributed by atoms with Crippen LogP contribution in [0.1, 0.15) is 0 Å². The van der Waals surface area contributed by atoms with Gasteiger partial charge in [0.15, 0.2) is 0 Å². The quantitative estimate of drug-likeness (QED) is 0.386. The SMILES string of the molecule is O=[N+]([O-])c1ccc(-c2nnc(-c3ccc(OC(F)(F)F)cc3)o2)cc1F. The van der Waals surface area contributed by atoms with E-state index in [-0.39, 0.29) is 17.3 Å². The van der Waals surface area contributed by atoms with Crippen LogP contribution < -0.4 is 4.74 Å². The van der Waals surface area contributed by atoms with E-state index in [2.05, 4.69) is 14.9 Å². The van der Waals surface area contributed by atoms with Crippen LogP contribution in [0.3, 0.4) is 0 Å². The minimum absolute atomic E-state index is 0.0303.